The molecule has 1 atom stereocenters. The number of fused-ring (bicyclic) bond motifs is 1. The largest absolute Gasteiger partial charge is 0.481 e. The van der Waals surface area contributed by atoms with Gasteiger partial charge in [0.25, 0.3) is 0 Å². The first-order valence-corrected chi connectivity index (χ1v) is 11.0. The maximum Gasteiger partial charge on any atom is 0.307 e. The molecule has 0 amide bonds. The molecule has 160 valence electrons. The summed E-state index contributed by atoms with van der Waals surface area (Å²) in [6.07, 6.45) is 24.1. The monoisotopic (exact) mass is 422 g/mol. The molecule has 0 radical (unpaired) electrons. The third-order valence-corrected chi connectivity index (χ3v) is 6.74. The smallest absolute Gasteiger partial charge is 0.307 e. The Labute approximate surface area is 188 Å². The predicted molar refractivity (Wildman–Crippen MR) is 128 cm³/mol. The van der Waals surface area contributed by atoms with Crippen LogP contribution in [0.15, 0.2) is 102 Å². The van der Waals surface area contributed by atoms with Crippen LogP contribution in [0.3, 0.4) is 0 Å². The van der Waals surface area contributed by atoms with Crippen molar-refractivity contribution in [2.45, 2.75) is 33.2 Å². The van der Waals surface area contributed by atoms with Gasteiger partial charge in [0.1, 0.15) is 0 Å². The van der Waals surface area contributed by atoms with Crippen molar-refractivity contribution in [2.24, 2.45) is 5.41 Å². The van der Waals surface area contributed by atoms with Crippen molar-refractivity contribution in [1.29, 1.82) is 0 Å². The van der Waals surface area contributed by atoms with Crippen LogP contribution in [0.4, 0.5) is 0 Å². The number of rotatable bonds is 4. The standard InChI is InChI=1S/C28H26N2O2/c1-19-14-25-26(15-20(19)2)30(18-29-25)13-10-22-6-5-8-23-7-3-4-11-28(23)12-9-21(16-24(22)28)17-27(31)32/h3-11,14-16,18H,12-13,17H2,1-2H3,(H,31,32). The van der Waals surface area contributed by atoms with Crippen molar-refractivity contribution in [1.82, 2.24) is 9.55 Å². The van der Waals surface area contributed by atoms with Gasteiger partial charge in [0.05, 0.1) is 23.8 Å². The zero-order valence-electron chi connectivity index (χ0n) is 18.4. The second kappa shape index (κ2) is 7.79. The molecule has 0 aliphatic heterocycles. The van der Waals surface area contributed by atoms with Gasteiger partial charge >= 0.3 is 5.97 Å². The molecule has 2 aromatic rings. The molecule has 0 fully saturated rings. The molecule has 0 bridgehead atoms. The average Bonchev–Trinajstić information content (AvgIpc) is 3.06. The van der Waals surface area contributed by atoms with E-state index >= 15 is 0 Å². The number of hydrogen-bond donors (Lipinski definition) is 1. The van der Waals surface area contributed by atoms with Gasteiger partial charge in [-0.05, 0) is 65.8 Å². The third-order valence-electron chi connectivity index (χ3n) is 6.74. The summed E-state index contributed by atoms with van der Waals surface area (Å²) in [6, 6.07) is 4.33. The van der Waals surface area contributed by atoms with E-state index in [0.29, 0.717) is 6.54 Å². The molecule has 3 aliphatic carbocycles. The number of benzene rings is 1. The lowest BCUT2D eigenvalue weighted by atomic mass is 9.65. The molecule has 5 rings (SSSR count). The summed E-state index contributed by atoms with van der Waals surface area (Å²) in [4.78, 5) is 16.0. The average molecular weight is 423 g/mol. The summed E-state index contributed by atoms with van der Waals surface area (Å²) in [5, 5.41) is 9.34. The summed E-state index contributed by atoms with van der Waals surface area (Å²) < 4.78 is 2.17. The van der Waals surface area contributed by atoms with Gasteiger partial charge in [0.2, 0.25) is 0 Å². The maximum absolute atomic E-state index is 11.4. The van der Waals surface area contributed by atoms with Gasteiger partial charge in [0.15, 0.2) is 0 Å². The molecule has 0 saturated carbocycles. The molecule has 1 unspecified atom stereocenters. The number of imidazole rings is 1. The van der Waals surface area contributed by atoms with Crippen molar-refractivity contribution >= 4 is 17.0 Å². The molecule has 4 nitrogen and oxygen atoms in total. The Morgan fingerprint density at radius 3 is 2.88 bits per heavy atom. The number of aliphatic carboxylic acids is 1. The zero-order chi connectivity index (χ0) is 22.3. The number of hydrogen-bond acceptors (Lipinski definition) is 2. The number of carbonyl (C=O) groups is 1. The van der Waals surface area contributed by atoms with Crippen LogP contribution in [-0.4, -0.2) is 20.6 Å². The minimum Gasteiger partial charge on any atom is -0.481 e. The Hall–Kier alpha value is -3.66. The predicted octanol–water partition coefficient (Wildman–Crippen LogP) is 5.92. The molecule has 1 aromatic carbocycles. The number of aromatic nitrogens is 2. The van der Waals surface area contributed by atoms with Crippen molar-refractivity contribution < 1.29 is 9.90 Å². The number of nitrogens with zero attached hydrogens (tertiary/aromatic N) is 2. The van der Waals surface area contributed by atoms with E-state index in [1.807, 2.05) is 6.33 Å². The van der Waals surface area contributed by atoms with Gasteiger partial charge in [-0.1, -0.05) is 60.8 Å². The van der Waals surface area contributed by atoms with E-state index in [9.17, 15) is 9.90 Å². The minimum atomic E-state index is -0.802. The van der Waals surface area contributed by atoms with E-state index in [0.717, 1.165) is 34.2 Å². The summed E-state index contributed by atoms with van der Waals surface area (Å²) in [5.41, 5.74) is 8.76. The Morgan fingerprint density at radius 1 is 1.19 bits per heavy atom. The molecular formula is C28H26N2O2. The van der Waals surface area contributed by atoms with E-state index in [1.54, 1.807) is 0 Å². The lowest BCUT2D eigenvalue weighted by molar-refractivity contribution is -0.136. The normalized spacial score (nSPS) is 22.8. The Kier molecular flexibility index (Phi) is 4.93. The molecular weight excluding hydrogens is 396 g/mol. The highest BCUT2D eigenvalue weighted by Gasteiger charge is 2.38. The maximum atomic E-state index is 11.4. The van der Waals surface area contributed by atoms with E-state index in [4.69, 9.17) is 0 Å². The van der Waals surface area contributed by atoms with Crippen LogP contribution in [0.25, 0.3) is 11.0 Å². The SMILES string of the molecule is Cc1cc2ncn(CC=C3C=CC=C4C=CC=CC45CC=C(CC(=O)O)C=C35)c2cc1C. The van der Waals surface area contributed by atoms with Gasteiger partial charge in [-0.15, -0.1) is 0 Å². The highest BCUT2D eigenvalue weighted by molar-refractivity contribution is 5.77. The summed E-state index contributed by atoms with van der Waals surface area (Å²) >= 11 is 0. The molecule has 1 heterocycles. The van der Waals surface area contributed by atoms with Crippen LogP contribution in [0.2, 0.25) is 0 Å². The molecule has 3 aliphatic rings. The summed E-state index contributed by atoms with van der Waals surface area (Å²) in [6.45, 7) is 4.93. The summed E-state index contributed by atoms with van der Waals surface area (Å²) in [7, 11) is 0. The zero-order valence-corrected chi connectivity index (χ0v) is 18.4. The topological polar surface area (TPSA) is 55.1 Å². The molecule has 1 N–H and O–H groups in total. The van der Waals surface area contributed by atoms with Gasteiger partial charge in [-0.25, -0.2) is 4.98 Å². The Bertz CT molecular complexity index is 1340. The van der Waals surface area contributed by atoms with Crippen molar-refractivity contribution in [3.63, 3.8) is 0 Å². The second-order valence-electron chi connectivity index (χ2n) is 8.76. The Morgan fingerprint density at radius 2 is 2.03 bits per heavy atom. The van der Waals surface area contributed by atoms with E-state index in [2.05, 4.69) is 96.3 Å². The molecule has 1 aromatic heterocycles. The Balaban J connectivity index is 1.56. The van der Waals surface area contributed by atoms with Gasteiger partial charge in [-0.3, -0.25) is 4.79 Å². The van der Waals surface area contributed by atoms with Crippen LogP contribution in [0.5, 0.6) is 0 Å². The van der Waals surface area contributed by atoms with Crippen molar-refractivity contribution in [3.8, 4) is 0 Å². The second-order valence-corrected chi connectivity index (χ2v) is 8.76. The molecule has 4 heteroatoms. The fourth-order valence-electron chi connectivity index (χ4n) is 4.85. The lowest BCUT2D eigenvalue weighted by Crippen LogP contribution is -2.27. The minimum absolute atomic E-state index is 0.0416. The number of aryl methyl sites for hydroxylation is 2. The van der Waals surface area contributed by atoms with Crippen molar-refractivity contribution in [2.75, 3.05) is 0 Å². The first kappa shape index (κ1) is 20.3. The quantitative estimate of drug-likeness (QED) is 0.665. The van der Waals surface area contributed by atoms with E-state index < -0.39 is 5.97 Å². The fraction of sp³-hybridized carbons (Fsp3) is 0.214. The number of carboxylic acids is 1. The highest BCUT2D eigenvalue weighted by atomic mass is 16.4. The van der Waals surface area contributed by atoms with E-state index in [-0.39, 0.29) is 11.8 Å². The first-order chi connectivity index (χ1) is 15.5. The summed E-state index contributed by atoms with van der Waals surface area (Å²) in [5.74, 6) is -0.802. The van der Waals surface area contributed by atoms with Gasteiger partial charge in [0, 0.05) is 12.0 Å². The van der Waals surface area contributed by atoms with Crippen molar-refractivity contribution in [3.05, 3.63) is 113 Å². The van der Waals surface area contributed by atoms with Gasteiger partial charge < -0.3 is 9.67 Å². The third kappa shape index (κ3) is 3.42. The molecule has 0 saturated heterocycles. The number of allylic oxidation sites excluding steroid dienone is 13. The van der Waals surface area contributed by atoms with E-state index in [1.165, 1.54) is 16.7 Å². The van der Waals surface area contributed by atoms with Crippen LogP contribution in [0.1, 0.15) is 24.0 Å². The molecule has 32 heavy (non-hydrogen) atoms. The highest BCUT2D eigenvalue weighted by Crippen LogP contribution is 2.50. The van der Waals surface area contributed by atoms with Crippen LogP contribution in [0, 0.1) is 19.3 Å². The lowest BCUT2D eigenvalue weighted by Gasteiger charge is -2.38. The fourth-order valence-corrected chi connectivity index (χ4v) is 4.85. The van der Waals surface area contributed by atoms with Crippen LogP contribution in [-0.2, 0) is 11.3 Å². The van der Waals surface area contributed by atoms with Crippen LogP contribution < -0.4 is 0 Å². The number of carboxylic acid groups (broad SMARTS) is 1. The molecule has 1 spiro atoms. The van der Waals surface area contributed by atoms with Gasteiger partial charge in [-0.2, -0.15) is 0 Å². The van der Waals surface area contributed by atoms with Crippen LogP contribution >= 0.6 is 0 Å². The first-order valence-electron chi connectivity index (χ1n) is 11.0.